The van der Waals surface area contributed by atoms with Crippen molar-refractivity contribution in [3.8, 4) is 0 Å². The van der Waals surface area contributed by atoms with Gasteiger partial charge in [-0.1, -0.05) is 60.7 Å². The predicted molar refractivity (Wildman–Crippen MR) is 83.7 cm³/mol. The van der Waals surface area contributed by atoms with Crippen molar-refractivity contribution in [2.24, 2.45) is 5.73 Å². The molecule has 1 atom stereocenters. The van der Waals surface area contributed by atoms with E-state index >= 15 is 0 Å². The molecule has 0 saturated heterocycles. The van der Waals surface area contributed by atoms with Crippen LogP contribution >= 0.6 is 0 Å². The lowest BCUT2D eigenvalue weighted by Gasteiger charge is -2.25. The van der Waals surface area contributed by atoms with Gasteiger partial charge in [-0.25, -0.2) is 9.97 Å². The van der Waals surface area contributed by atoms with Gasteiger partial charge in [-0.2, -0.15) is 0 Å². The van der Waals surface area contributed by atoms with E-state index in [1.807, 2.05) is 36.4 Å². The van der Waals surface area contributed by atoms with Crippen LogP contribution in [-0.2, 0) is 0 Å². The van der Waals surface area contributed by atoms with Gasteiger partial charge in [-0.3, -0.25) is 0 Å². The molecule has 3 nitrogen and oxygen atoms in total. The average Bonchev–Trinajstić information content (AvgIpc) is 2.58. The number of rotatable bonds is 4. The van der Waals surface area contributed by atoms with Crippen molar-refractivity contribution in [2.75, 3.05) is 0 Å². The Hall–Kier alpha value is -2.52. The van der Waals surface area contributed by atoms with Gasteiger partial charge in [0.15, 0.2) is 0 Å². The topological polar surface area (TPSA) is 51.8 Å². The fourth-order valence-corrected chi connectivity index (χ4v) is 2.60. The van der Waals surface area contributed by atoms with Crippen molar-refractivity contribution in [3.63, 3.8) is 0 Å². The van der Waals surface area contributed by atoms with Crippen LogP contribution in [0.5, 0.6) is 0 Å². The third-order valence-electron chi connectivity index (χ3n) is 3.64. The highest BCUT2D eigenvalue weighted by atomic mass is 14.8. The van der Waals surface area contributed by atoms with Crippen LogP contribution in [0.2, 0.25) is 0 Å². The molecule has 1 aromatic heterocycles. The third-order valence-corrected chi connectivity index (χ3v) is 3.64. The molecule has 1 heterocycles. The van der Waals surface area contributed by atoms with Crippen molar-refractivity contribution >= 4 is 0 Å². The molecule has 0 spiro atoms. The molecule has 0 radical (unpaired) electrons. The summed E-state index contributed by atoms with van der Waals surface area (Å²) in [5, 5.41) is 0. The van der Waals surface area contributed by atoms with E-state index in [1.54, 1.807) is 12.4 Å². The smallest absolute Gasteiger partial charge is 0.115 e. The minimum atomic E-state index is -0.184. The summed E-state index contributed by atoms with van der Waals surface area (Å²) in [6.45, 7) is 0. The van der Waals surface area contributed by atoms with Gasteiger partial charge in [0.25, 0.3) is 0 Å². The van der Waals surface area contributed by atoms with Crippen molar-refractivity contribution in [2.45, 2.75) is 12.0 Å². The number of hydrogen-bond donors (Lipinski definition) is 1. The first-order valence-corrected chi connectivity index (χ1v) is 6.96. The molecule has 3 heteroatoms. The minimum absolute atomic E-state index is 0.0819. The zero-order chi connectivity index (χ0) is 14.5. The van der Waals surface area contributed by atoms with Crippen LogP contribution in [0.3, 0.4) is 0 Å². The normalized spacial score (nSPS) is 12.3. The third kappa shape index (κ3) is 2.98. The molecule has 104 valence electrons. The van der Waals surface area contributed by atoms with Gasteiger partial charge >= 0.3 is 0 Å². The molecule has 0 aliphatic rings. The molecule has 0 bridgehead atoms. The fraction of sp³-hybridized carbons (Fsp3) is 0.111. The van der Waals surface area contributed by atoms with Gasteiger partial charge in [-0.05, 0) is 11.1 Å². The minimum Gasteiger partial charge on any atom is -0.323 e. The van der Waals surface area contributed by atoms with Crippen LogP contribution in [-0.4, -0.2) is 9.97 Å². The van der Waals surface area contributed by atoms with Gasteiger partial charge < -0.3 is 5.73 Å². The molecule has 0 fully saturated rings. The van der Waals surface area contributed by atoms with Gasteiger partial charge in [-0.15, -0.1) is 0 Å². The van der Waals surface area contributed by atoms with Crippen LogP contribution < -0.4 is 5.73 Å². The van der Waals surface area contributed by atoms with Crippen LogP contribution in [0.15, 0.2) is 79.4 Å². The van der Waals surface area contributed by atoms with E-state index in [-0.39, 0.29) is 12.0 Å². The number of benzene rings is 2. The number of hydrogen-bond acceptors (Lipinski definition) is 3. The summed E-state index contributed by atoms with van der Waals surface area (Å²) >= 11 is 0. The molecule has 2 aromatic carbocycles. The maximum absolute atomic E-state index is 6.52. The lowest BCUT2D eigenvalue weighted by molar-refractivity contribution is 0.624. The van der Waals surface area contributed by atoms with Gasteiger partial charge in [0.1, 0.15) is 6.33 Å². The molecular weight excluding hydrogens is 258 g/mol. The van der Waals surface area contributed by atoms with E-state index in [0.717, 1.165) is 5.56 Å². The van der Waals surface area contributed by atoms with Crippen LogP contribution in [0.4, 0.5) is 0 Å². The maximum Gasteiger partial charge on any atom is 0.115 e. The van der Waals surface area contributed by atoms with Crippen molar-refractivity contribution in [3.05, 3.63) is 96.1 Å². The first-order valence-electron chi connectivity index (χ1n) is 6.96. The molecule has 0 aliphatic heterocycles. The Balaban J connectivity index is 2.05. The standard InChI is InChI=1S/C18H17N3/c19-18(16-11-20-13-21-12-16)17(14-7-3-1-4-8-14)15-9-5-2-6-10-15/h1-13,17-18H,19H2. The zero-order valence-electron chi connectivity index (χ0n) is 11.6. The van der Waals surface area contributed by atoms with Gasteiger partial charge in [0, 0.05) is 29.9 Å². The second kappa shape index (κ2) is 6.29. The molecular formula is C18H17N3. The van der Waals surface area contributed by atoms with Crippen LogP contribution in [0, 0.1) is 0 Å². The second-order valence-electron chi connectivity index (χ2n) is 5.00. The predicted octanol–water partition coefficient (Wildman–Crippen LogP) is 3.31. The summed E-state index contributed by atoms with van der Waals surface area (Å²) in [6, 6.07) is 20.5. The molecule has 1 unspecified atom stereocenters. The Morgan fingerprint density at radius 3 is 1.62 bits per heavy atom. The van der Waals surface area contributed by atoms with E-state index in [0.29, 0.717) is 0 Å². The largest absolute Gasteiger partial charge is 0.323 e. The number of aromatic nitrogens is 2. The lowest BCUT2D eigenvalue weighted by Crippen LogP contribution is -2.21. The Morgan fingerprint density at radius 1 is 0.667 bits per heavy atom. The van der Waals surface area contributed by atoms with E-state index in [9.17, 15) is 0 Å². The summed E-state index contributed by atoms with van der Waals surface area (Å²) in [5.74, 6) is 0.0819. The van der Waals surface area contributed by atoms with Crippen molar-refractivity contribution in [1.82, 2.24) is 9.97 Å². The lowest BCUT2D eigenvalue weighted by atomic mass is 9.83. The van der Waals surface area contributed by atoms with Crippen molar-refractivity contribution < 1.29 is 0 Å². The highest BCUT2D eigenvalue weighted by Gasteiger charge is 2.23. The highest BCUT2D eigenvalue weighted by molar-refractivity contribution is 5.36. The molecule has 3 aromatic rings. The molecule has 3 rings (SSSR count). The van der Waals surface area contributed by atoms with Crippen LogP contribution in [0.25, 0.3) is 0 Å². The SMILES string of the molecule is NC(c1cncnc1)C(c1ccccc1)c1ccccc1. The summed E-state index contributed by atoms with van der Waals surface area (Å²) in [7, 11) is 0. The van der Waals surface area contributed by atoms with E-state index in [1.165, 1.54) is 17.5 Å². The van der Waals surface area contributed by atoms with Gasteiger partial charge in [0.05, 0.1) is 0 Å². The summed E-state index contributed by atoms with van der Waals surface area (Å²) in [6.07, 6.45) is 5.10. The first kappa shape index (κ1) is 13.5. The molecule has 0 amide bonds. The van der Waals surface area contributed by atoms with E-state index in [2.05, 4.69) is 34.2 Å². The Morgan fingerprint density at radius 2 is 1.14 bits per heavy atom. The second-order valence-corrected chi connectivity index (χ2v) is 5.00. The summed E-state index contributed by atoms with van der Waals surface area (Å²) < 4.78 is 0. The molecule has 0 aliphatic carbocycles. The van der Waals surface area contributed by atoms with Crippen molar-refractivity contribution in [1.29, 1.82) is 0 Å². The summed E-state index contributed by atoms with van der Waals surface area (Å²) in [5.41, 5.74) is 9.85. The Kier molecular flexibility index (Phi) is 4.03. The average molecular weight is 275 g/mol. The zero-order valence-corrected chi connectivity index (χ0v) is 11.6. The highest BCUT2D eigenvalue weighted by Crippen LogP contribution is 2.34. The fourth-order valence-electron chi connectivity index (χ4n) is 2.60. The molecule has 21 heavy (non-hydrogen) atoms. The van der Waals surface area contributed by atoms with E-state index in [4.69, 9.17) is 5.73 Å². The maximum atomic E-state index is 6.52. The Bertz CT molecular complexity index is 629. The quantitative estimate of drug-likeness (QED) is 0.794. The van der Waals surface area contributed by atoms with Crippen LogP contribution in [0.1, 0.15) is 28.7 Å². The number of nitrogens with two attached hydrogens (primary N) is 1. The monoisotopic (exact) mass is 275 g/mol. The molecule has 0 saturated carbocycles. The summed E-state index contributed by atoms with van der Waals surface area (Å²) in [4.78, 5) is 8.17. The van der Waals surface area contributed by atoms with E-state index < -0.39 is 0 Å². The van der Waals surface area contributed by atoms with Gasteiger partial charge in [0.2, 0.25) is 0 Å². The first-order chi connectivity index (χ1) is 10.4. The molecule has 2 N–H and O–H groups in total. The number of nitrogens with zero attached hydrogens (tertiary/aromatic N) is 2. The Labute approximate surface area is 124 Å².